The average Bonchev–Trinajstić information content (AvgIpc) is 3.50. The van der Waals surface area contributed by atoms with E-state index in [0.717, 1.165) is 30.4 Å². The minimum atomic E-state index is -0.800. The number of aromatic nitrogens is 2. The lowest BCUT2D eigenvalue weighted by atomic mass is 9.38. The van der Waals surface area contributed by atoms with Crippen LogP contribution in [0.1, 0.15) is 90.5 Å². The third kappa shape index (κ3) is 4.24. The van der Waals surface area contributed by atoms with Crippen LogP contribution in [0.25, 0.3) is 0 Å². The van der Waals surface area contributed by atoms with Gasteiger partial charge >= 0.3 is 0 Å². The van der Waals surface area contributed by atoms with Gasteiger partial charge in [0.05, 0.1) is 23.9 Å². The molecule has 1 aromatic rings. The predicted molar refractivity (Wildman–Crippen MR) is 154 cm³/mol. The molecule has 208 valence electrons. The zero-order chi connectivity index (χ0) is 27.2. The first-order valence-electron chi connectivity index (χ1n) is 15.2. The van der Waals surface area contributed by atoms with E-state index < -0.39 is 5.60 Å². The highest BCUT2D eigenvalue weighted by Crippen LogP contribution is 2.73. The van der Waals surface area contributed by atoms with Crippen LogP contribution in [0.3, 0.4) is 0 Å². The molecular formula is C34H50N2O2. The summed E-state index contributed by atoms with van der Waals surface area (Å²) < 4.78 is 7.51. The Hall–Kier alpha value is -1.83. The molecule has 1 N–H and O–H groups in total. The molecule has 0 aromatic carbocycles. The summed E-state index contributed by atoms with van der Waals surface area (Å²) >= 11 is 0. The first-order valence-corrected chi connectivity index (χ1v) is 15.2. The van der Waals surface area contributed by atoms with Crippen LogP contribution in [0.5, 0.6) is 0 Å². The van der Waals surface area contributed by atoms with E-state index in [1.54, 1.807) is 12.3 Å². The molecule has 0 bridgehead atoms. The van der Waals surface area contributed by atoms with Crippen molar-refractivity contribution in [1.82, 2.24) is 9.78 Å². The van der Waals surface area contributed by atoms with Gasteiger partial charge in [-0.3, -0.25) is 4.68 Å². The maximum absolute atomic E-state index is 12.0. The number of rotatable bonds is 7. The quantitative estimate of drug-likeness (QED) is 0.311. The largest absolute Gasteiger partial charge is 0.388 e. The summed E-state index contributed by atoms with van der Waals surface area (Å²) in [6.45, 7) is 16.6. The van der Waals surface area contributed by atoms with Gasteiger partial charge < -0.3 is 9.84 Å². The number of ether oxygens (including phenoxy) is 1. The molecule has 0 saturated heterocycles. The Balaban J connectivity index is 1.38. The number of hydrogen-bond donors (Lipinski definition) is 1. The highest BCUT2D eigenvalue weighted by molar-refractivity contribution is 5.33. The van der Waals surface area contributed by atoms with Crippen molar-refractivity contribution in [1.29, 1.82) is 0 Å². The van der Waals surface area contributed by atoms with Gasteiger partial charge in [0.25, 0.3) is 0 Å². The molecule has 1 heterocycles. The summed E-state index contributed by atoms with van der Waals surface area (Å²) in [5.41, 5.74) is 0.885. The summed E-state index contributed by atoms with van der Waals surface area (Å²) in [5, 5.41) is 16.5. The topological polar surface area (TPSA) is 47.3 Å². The Bertz CT molecular complexity index is 1090. The molecule has 0 aliphatic heterocycles. The van der Waals surface area contributed by atoms with E-state index >= 15 is 0 Å². The molecule has 38 heavy (non-hydrogen) atoms. The zero-order valence-electron chi connectivity index (χ0n) is 24.3. The number of aliphatic hydroxyl groups is 1. The lowest BCUT2D eigenvalue weighted by Crippen LogP contribution is -2.60. The predicted octanol–water partition coefficient (Wildman–Crippen LogP) is 7.04. The van der Waals surface area contributed by atoms with Crippen molar-refractivity contribution in [2.24, 2.45) is 45.8 Å². The zero-order valence-corrected chi connectivity index (χ0v) is 24.3. The second kappa shape index (κ2) is 10.3. The van der Waals surface area contributed by atoms with Crippen molar-refractivity contribution in [3.05, 3.63) is 43.3 Å². The van der Waals surface area contributed by atoms with Gasteiger partial charge in [-0.15, -0.1) is 6.58 Å². The Morgan fingerprint density at radius 1 is 1.18 bits per heavy atom. The highest BCUT2D eigenvalue weighted by Gasteiger charge is 2.66. The van der Waals surface area contributed by atoms with Gasteiger partial charge in [0.1, 0.15) is 0 Å². The molecule has 4 saturated carbocycles. The highest BCUT2D eigenvalue weighted by atomic mass is 16.5. The summed E-state index contributed by atoms with van der Waals surface area (Å²) in [6.07, 6.45) is 20.4. The van der Waals surface area contributed by atoms with Crippen LogP contribution in [-0.2, 0) is 11.3 Å². The van der Waals surface area contributed by atoms with Crippen LogP contribution >= 0.6 is 0 Å². The van der Waals surface area contributed by atoms with Crippen LogP contribution in [0.4, 0.5) is 0 Å². The Morgan fingerprint density at radius 3 is 2.71 bits per heavy atom. The number of hydrogen-bond acceptors (Lipinski definition) is 3. The molecular weight excluding hydrogens is 468 g/mol. The lowest BCUT2D eigenvalue weighted by Gasteiger charge is -2.67. The van der Waals surface area contributed by atoms with Crippen molar-refractivity contribution < 1.29 is 9.84 Å². The molecule has 2 unspecified atom stereocenters. The van der Waals surface area contributed by atoms with Crippen LogP contribution in [0.2, 0.25) is 0 Å². The molecule has 9 atom stereocenters. The second-order valence-corrected chi connectivity index (χ2v) is 13.8. The van der Waals surface area contributed by atoms with E-state index in [1.165, 1.54) is 57.8 Å². The van der Waals surface area contributed by atoms with Crippen molar-refractivity contribution in [2.45, 2.75) is 97.1 Å². The van der Waals surface area contributed by atoms with Crippen LogP contribution in [0, 0.1) is 57.7 Å². The molecule has 0 spiro atoms. The number of methoxy groups -OCH3 is 1. The minimum absolute atomic E-state index is 0.180. The molecule has 0 amide bonds. The van der Waals surface area contributed by atoms with Crippen LogP contribution < -0.4 is 0 Å². The van der Waals surface area contributed by atoms with Crippen molar-refractivity contribution in [3.8, 4) is 11.8 Å². The van der Waals surface area contributed by atoms with E-state index in [9.17, 15) is 5.11 Å². The van der Waals surface area contributed by atoms with Crippen molar-refractivity contribution in [3.63, 3.8) is 0 Å². The lowest BCUT2D eigenvalue weighted by molar-refractivity contribution is -0.173. The molecule has 4 heteroatoms. The fourth-order valence-electron chi connectivity index (χ4n) is 10.9. The fraction of sp³-hybridized carbons (Fsp3) is 0.735. The van der Waals surface area contributed by atoms with E-state index in [0.29, 0.717) is 23.8 Å². The number of nitrogens with zero attached hydrogens (tertiary/aromatic N) is 2. The standard InChI is InChI=1S/C34H50N2O2/c1-7-10-11-26-21-35-36(22-26)24-32(5,37)30-13-12-28-27-15-18-33(8-2)20-25(23-38-6)14-19-34(33,9-3)29(27)16-17-31(28,30)4/h7-8,21-22,25,27-30,37H,1-2,9,12-20,23-24H2,3-6H3/t25-,27-,28?,29?,30-,31-,32+,33+,34+/m0/s1. The summed E-state index contributed by atoms with van der Waals surface area (Å²) in [7, 11) is 1.86. The van der Waals surface area contributed by atoms with Crippen LogP contribution in [-0.4, -0.2) is 34.2 Å². The van der Waals surface area contributed by atoms with Gasteiger partial charge in [0, 0.05) is 19.9 Å². The second-order valence-electron chi connectivity index (χ2n) is 13.8. The molecule has 1 aromatic heterocycles. The molecule has 4 aliphatic carbocycles. The first kappa shape index (κ1) is 27.7. The average molecular weight is 519 g/mol. The van der Waals surface area contributed by atoms with E-state index in [1.807, 2.05) is 18.0 Å². The monoisotopic (exact) mass is 518 g/mol. The normalized spacial score (nSPS) is 41.6. The maximum atomic E-state index is 12.0. The summed E-state index contributed by atoms with van der Waals surface area (Å²) in [4.78, 5) is 0. The van der Waals surface area contributed by atoms with Gasteiger partial charge in [0.15, 0.2) is 0 Å². The minimum Gasteiger partial charge on any atom is -0.388 e. The van der Waals surface area contributed by atoms with E-state index in [-0.39, 0.29) is 16.7 Å². The third-order valence-corrected chi connectivity index (χ3v) is 12.3. The van der Waals surface area contributed by atoms with Crippen LogP contribution in [0.15, 0.2) is 37.7 Å². The molecule has 4 fully saturated rings. The Morgan fingerprint density at radius 2 is 2.00 bits per heavy atom. The molecule has 4 nitrogen and oxygen atoms in total. The van der Waals surface area contributed by atoms with Gasteiger partial charge in [-0.25, -0.2) is 0 Å². The van der Waals surface area contributed by atoms with Gasteiger partial charge in [-0.1, -0.05) is 38.3 Å². The van der Waals surface area contributed by atoms with E-state index in [4.69, 9.17) is 4.74 Å². The molecule has 5 rings (SSSR count). The van der Waals surface area contributed by atoms with Crippen molar-refractivity contribution in [2.75, 3.05) is 13.7 Å². The first-order chi connectivity index (χ1) is 18.2. The van der Waals surface area contributed by atoms with Crippen molar-refractivity contribution >= 4 is 0 Å². The maximum Gasteiger partial charge on any atom is 0.0848 e. The Labute approximate surface area is 231 Å². The Kier molecular flexibility index (Phi) is 7.51. The molecule has 0 radical (unpaired) electrons. The van der Waals surface area contributed by atoms with E-state index in [2.05, 4.69) is 56.9 Å². The summed E-state index contributed by atoms with van der Waals surface area (Å²) in [6, 6.07) is 0. The SMILES string of the molecule is C=CC#Cc1cnn(C[C@@](C)(O)[C@H]2CCC3[C@@H]4CC[C@]5(C=C)C[C@@H](COC)CC[C@]5(CC)C4CC[C@@]32C)c1. The summed E-state index contributed by atoms with van der Waals surface area (Å²) in [5.74, 6) is 9.15. The number of allylic oxidation sites excluding steroid dienone is 2. The number of fused-ring (bicyclic) bond motifs is 5. The van der Waals surface area contributed by atoms with Gasteiger partial charge in [-0.05, 0) is 123 Å². The van der Waals surface area contributed by atoms with Gasteiger partial charge in [-0.2, -0.15) is 5.10 Å². The smallest absolute Gasteiger partial charge is 0.0848 e. The van der Waals surface area contributed by atoms with Gasteiger partial charge in [0.2, 0.25) is 0 Å². The fourth-order valence-corrected chi connectivity index (χ4v) is 10.9. The molecule has 4 aliphatic rings. The third-order valence-electron chi connectivity index (χ3n) is 12.3.